The summed E-state index contributed by atoms with van der Waals surface area (Å²) in [5.41, 5.74) is 7.04. The van der Waals surface area contributed by atoms with Gasteiger partial charge >= 0.3 is 0 Å². The zero-order valence-corrected chi connectivity index (χ0v) is 10.9. The molecule has 1 heterocycles. The lowest BCUT2D eigenvalue weighted by Crippen LogP contribution is -2.17. The Labute approximate surface area is 108 Å². The average molecular weight is 247 g/mol. The van der Waals surface area contributed by atoms with Crippen LogP contribution < -0.4 is 10.5 Å². The van der Waals surface area contributed by atoms with Crippen molar-refractivity contribution >= 4 is 5.84 Å². The van der Waals surface area contributed by atoms with Crippen LogP contribution in [0.3, 0.4) is 0 Å². The van der Waals surface area contributed by atoms with Crippen molar-refractivity contribution in [2.75, 3.05) is 0 Å². The molecule has 0 atom stereocenters. The minimum atomic E-state index is 0.0613. The lowest BCUT2D eigenvalue weighted by molar-refractivity contribution is 0.176. The first kappa shape index (κ1) is 12.9. The number of nitrogens with one attached hydrogen (secondary N) is 1. The quantitative estimate of drug-likeness (QED) is 0.490. The van der Waals surface area contributed by atoms with Gasteiger partial charge in [0.2, 0.25) is 5.88 Å². The highest BCUT2D eigenvalue weighted by Gasteiger charge is 2.15. The standard InChI is InChI=1S/C14H21N3O/c1-10-8-11(14(15)16)9-13(17-10)18-12-6-4-2-3-5-7-12/h8-9,12H,2-7H2,1H3,(H3,15,16). The number of hydrogen-bond acceptors (Lipinski definition) is 3. The van der Waals surface area contributed by atoms with Crippen molar-refractivity contribution in [1.82, 2.24) is 4.98 Å². The van der Waals surface area contributed by atoms with Gasteiger partial charge in [-0.1, -0.05) is 12.8 Å². The predicted octanol–water partition coefficient (Wildman–Crippen LogP) is 2.78. The summed E-state index contributed by atoms with van der Waals surface area (Å²) in [6, 6.07) is 3.57. The summed E-state index contributed by atoms with van der Waals surface area (Å²) in [7, 11) is 0. The van der Waals surface area contributed by atoms with Crippen molar-refractivity contribution in [3.63, 3.8) is 0 Å². The Morgan fingerprint density at radius 3 is 2.56 bits per heavy atom. The molecule has 0 spiro atoms. The molecule has 3 N–H and O–H groups in total. The first-order valence-corrected chi connectivity index (χ1v) is 6.65. The van der Waals surface area contributed by atoms with Gasteiger partial charge in [-0.25, -0.2) is 4.98 Å². The van der Waals surface area contributed by atoms with Crippen LogP contribution in [-0.2, 0) is 0 Å². The van der Waals surface area contributed by atoms with Gasteiger partial charge in [0.1, 0.15) is 11.9 Å². The van der Waals surface area contributed by atoms with Crippen LogP contribution in [0.1, 0.15) is 49.8 Å². The van der Waals surface area contributed by atoms with Crippen LogP contribution in [0.5, 0.6) is 5.88 Å². The normalized spacial score (nSPS) is 17.2. The van der Waals surface area contributed by atoms with E-state index in [4.69, 9.17) is 15.9 Å². The van der Waals surface area contributed by atoms with Crippen LogP contribution in [0.4, 0.5) is 0 Å². The van der Waals surface area contributed by atoms with Gasteiger partial charge < -0.3 is 10.5 Å². The zero-order chi connectivity index (χ0) is 13.0. The fraction of sp³-hybridized carbons (Fsp3) is 0.571. The molecule has 4 nitrogen and oxygen atoms in total. The fourth-order valence-corrected chi connectivity index (χ4v) is 2.38. The van der Waals surface area contributed by atoms with Gasteiger partial charge in [0, 0.05) is 17.3 Å². The molecule has 1 aromatic heterocycles. The Morgan fingerprint density at radius 1 is 1.28 bits per heavy atom. The van der Waals surface area contributed by atoms with E-state index in [1.807, 2.05) is 13.0 Å². The number of rotatable bonds is 3. The van der Waals surface area contributed by atoms with E-state index < -0.39 is 0 Å². The van der Waals surface area contributed by atoms with Gasteiger partial charge in [0.25, 0.3) is 0 Å². The maximum absolute atomic E-state index is 7.48. The highest BCUT2D eigenvalue weighted by atomic mass is 16.5. The summed E-state index contributed by atoms with van der Waals surface area (Å²) in [5.74, 6) is 0.665. The summed E-state index contributed by atoms with van der Waals surface area (Å²) in [6.45, 7) is 1.90. The first-order chi connectivity index (χ1) is 8.65. The number of ether oxygens (including phenoxy) is 1. The Kier molecular flexibility index (Phi) is 4.18. The molecule has 1 aliphatic rings. The van der Waals surface area contributed by atoms with E-state index in [1.165, 1.54) is 25.7 Å². The monoisotopic (exact) mass is 247 g/mol. The second-order valence-corrected chi connectivity index (χ2v) is 4.98. The third-order valence-electron chi connectivity index (χ3n) is 3.33. The average Bonchev–Trinajstić information content (AvgIpc) is 2.57. The van der Waals surface area contributed by atoms with E-state index in [1.54, 1.807) is 6.07 Å². The lowest BCUT2D eigenvalue weighted by atomic mass is 10.1. The number of nitrogen functional groups attached to an aromatic ring is 1. The van der Waals surface area contributed by atoms with Crippen molar-refractivity contribution in [1.29, 1.82) is 5.41 Å². The van der Waals surface area contributed by atoms with Crippen LogP contribution in [0.15, 0.2) is 12.1 Å². The van der Waals surface area contributed by atoms with E-state index in [0.717, 1.165) is 18.5 Å². The summed E-state index contributed by atoms with van der Waals surface area (Å²) < 4.78 is 5.94. The Balaban J connectivity index is 2.10. The van der Waals surface area contributed by atoms with Crippen molar-refractivity contribution in [3.8, 4) is 5.88 Å². The highest BCUT2D eigenvalue weighted by Crippen LogP contribution is 2.22. The molecule has 0 aromatic carbocycles. The Hall–Kier alpha value is -1.58. The smallest absolute Gasteiger partial charge is 0.214 e. The van der Waals surface area contributed by atoms with Crippen molar-refractivity contribution < 1.29 is 4.74 Å². The molecule has 98 valence electrons. The second-order valence-electron chi connectivity index (χ2n) is 4.98. The number of aromatic nitrogens is 1. The van der Waals surface area contributed by atoms with E-state index in [-0.39, 0.29) is 11.9 Å². The maximum Gasteiger partial charge on any atom is 0.214 e. The molecule has 1 aromatic rings. The van der Waals surface area contributed by atoms with Crippen LogP contribution in [0.2, 0.25) is 0 Å². The molecule has 1 saturated carbocycles. The van der Waals surface area contributed by atoms with Crippen LogP contribution in [0, 0.1) is 12.3 Å². The van der Waals surface area contributed by atoms with E-state index in [2.05, 4.69) is 4.98 Å². The molecule has 0 amide bonds. The number of pyridine rings is 1. The SMILES string of the molecule is Cc1cc(C(=N)N)cc(OC2CCCCCC2)n1. The van der Waals surface area contributed by atoms with Gasteiger partial charge in [-0.15, -0.1) is 0 Å². The molecule has 18 heavy (non-hydrogen) atoms. The van der Waals surface area contributed by atoms with Gasteiger partial charge in [-0.05, 0) is 38.7 Å². The zero-order valence-electron chi connectivity index (χ0n) is 10.9. The van der Waals surface area contributed by atoms with Crippen LogP contribution in [-0.4, -0.2) is 16.9 Å². The molecule has 2 rings (SSSR count). The fourth-order valence-electron chi connectivity index (χ4n) is 2.38. The number of amidine groups is 1. The van der Waals surface area contributed by atoms with Gasteiger partial charge in [-0.2, -0.15) is 0 Å². The topological polar surface area (TPSA) is 72.0 Å². The summed E-state index contributed by atoms with van der Waals surface area (Å²) >= 11 is 0. The largest absolute Gasteiger partial charge is 0.474 e. The van der Waals surface area contributed by atoms with Gasteiger partial charge in [0.05, 0.1) is 0 Å². The summed E-state index contributed by atoms with van der Waals surface area (Å²) in [5, 5.41) is 7.48. The highest BCUT2D eigenvalue weighted by molar-refractivity contribution is 5.95. The minimum Gasteiger partial charge on any atom is -0.474 e. The van der Waals surface area contributed by atoms with Crippen LogP contribution in [0.25, 0.3) is 0 Å². The van der Waals surface area contributed by atoms with E-state index in [0.29, 0.717) is 11.4 Å². The molecule has 1 fully saturated rings. The molecule has 0 saturated heterocycles. The third kappa shape index (κ3) is 3.45. The molecular formula is C14H21N3O. The molecule has 0 radical (unpaired) electrons. The summed E-state index contributed by atoms with van der Waals surface area (Å²) in [4.78, 5) is 4.37. The number of nitrogens with zero attached hydrogens (tertiary/aromatic N) is 1. The van der Waals surface area contributed by atoms with Crippen LogP contribution >= 0.6 is 0 Å². The summed E-state index contributed by atoms with van der Waals surface area (Å²) in [6.07, 6.45) is 7.54. The molecular weight excluding hydrogens is 226 g/mol. The maximum atomic E-state index is 7.48. The number of hydrogen-bond donors (Lipinski definition) is 2. The van der Waals surface area contributed by atoms with E-state index >= 15 is 0 Å². The first-order valence-electron chi connectivity index (χ1n) is 6.65. The van der Waals surface area contributed by atoms with Crippen molar-refractivity contribution in [3.05, 3.63) is 23.4 Å². The molecule has 4 heteroatoms. The number of aryl methyl sites for hydroxylation is 1. The van der Waals surface area contributed by atoms with Crippen molar-refractivity contribution in [2.45, 2.75) is 51.6 Å². The molecule has 0 aliphatic heterocycles. The molecule has 0 unspecified atom stereocenters. The second kappa shape index (κ2) is 5.85. The molecule has 1 aliphatic carbocycles. The van der Waals surface area contributed by atoms with E-state index in [9.17, 15) is 0 Å². The lowest BCUT2D eigenvalue weighted by Gasteiger charge is -2.17. The van der Waals surface area contributed by atoms with Gasteiger partial charge in [-0.3, -0.25) is 5.41 Å². The Morgan fingerprint density at radius 2 is 1.94 bits per heavy atom. The van der Waals surface area contributed by atoms with Gasteiger partial charge in [0.15, 0.2) is 0 Å². The minimum absolute atomic E-state index is 0.0613. The molecule has 0 bridgehead atoms. The Bertz CT molecular complexity index is 423. The third-order valence-corrected chi connectivity index (χ3v) is 3.33. The predicted molar refractivity (Wildman–Crippen MR) is 72.1 cm³/mol. The van der Waals surface area contributed by atoms with Crippen molar-refractivity contribution in [2.24, 2.45) is 5.73 Å². The number of nitrogens with two attached hydrogens (primary N) is 1.